The number of hydrogen-bond acceptors (Lipinski definition) is 5. The standard InChI is InChI=1S/C25H16ClNO4S/c26-16-10-12-19-22(14-16)30-23-15-18(27-17-6-2-1-3-7-17)11-13-20(23)25(19)21-8-4-5-9-24(21)32(28,29)31-25/h1-15,27H. The van der Waals surface area contributed by atoms with E-state index in [4.69, 9.17) is 20.5 Å². The normalized spacial score (nSPS) is 19.5. The number of halogens is 1. The first-order valence-corrected chi connectivity index (χ1v) is 11.8. The average molecular weight is 462 g/mol. The van der Waals surface area contributed by atoms with E-state index < -0.39 is 15.7 Å². The molecule has 6 rings (SSSR count). The Balaban J connectivity index is 1.59. The van der Waals surface area contributed by atoms with E-state index in [0.717, 1.165) is 11.4 Å². The van der Waals surface area contributed by atoms with Gasteiger partial charge in [-0.15, -0.1) is 0 Å². The number of hydrogen-bond donors (Lipinski definition) is 1. The van der Waals surface area contributed by atoms with Crippen LogP contribution in [0, 0.1) is 0 Å². The summed E-state index contributed by atoms with van der Waals surface area (Å²) in [5.74, 6) is 0.946. The fourth-order valence-corrected chi connectivity index (χ4v) is 5.99. The van der Waals surface area contributed by atoms with Crippen LogP contribution >= 0.6 is 11.6 Å². The molecule has 2 aliphatic rings. The highest BCUT2D eigenvalue weighted by Gasteiger charge is 2.55. The molecule has 0 saturated carbocycles. The summed E-state index contributed by atoms with van der Waals surface area (Å²) in [6.45, 7) is 0. The van der Waals surface area contributed by atoms with Gasteiger partial charge >= 0.3 is 0 Å². The van der Waals surface area contributed by atoms with Crippen molar-refractivity contribution in [2.45, 2.75) is 10.5 Å². The predicted octanol–water partition coefficient (Wildman–Crippen LogP) is 6.20. The van der Waals surface area contributed by atoms with Crippen molar-refractivity contribution >= 4 is 33.1 Å². The quantitative estimate of drug-likeness (QED) is 0.360. The first-order chi connectivity index (χ1) is 15.5. The van der Waals surface area contributed by atoms with Crippen molar-refractivity contribution < 1.29 is 17.3 Å². The van der Waals surface area contributed by atoms with Crippen LogP contribution in [0.4, 0.5) is 11.4 Å². The van der Waals surface area contributed by atoms with Gasteiger partial charge in [-0.3, -0.25) is 0 Å². The predicted molar refractivity (Wildman–Crippen MR) is 122 cm³/mol. The Morgan fingerprint density at radius 2 is 1.41 bits per heavy atom. The van der Waals surface area contributed by atoms with E-state index in [0.29, 0.717) is 33.2 Å². The fraction of sp³-hybridized carbons (Fsp3) is 0.0400. The van der Waals surface area contributed by atoms with Gasteiger partial charge < -0.3 is 10.1 Å². The molecule has 5 nitrogen and oxygen atoms in total. The fourth-order valence-electron chi connectivity index (χ4n) is 4.41. The summed E-state index contributed by atoms with van der Waals surface area (Å²) >= 11 is 6.24. The zero-order valence-electron chi connectivity index (χ0n) is 16.6. The van der Waals surface area contributed by atoms with Gasteiger partial charge in [0.15, 0.2) is 5.60 Å². The molecular weight excluding hydrogens is 446 g/mol. The smallest absolute Gasteiger partial charge is 0.298 e. The molecule has 4 aromatic carbocycles. The van der Waals surface area contributed by atoms with E-state index in [2.05, 4.69) is 5.32 Å². The van der Waals surface area contributed by atoms with Gasteiger partial charge in [0, 0.05) is 39.2 Å². The van der Waals surface area contributed by atoms with Crippen molar-refractivity contribution in [3.63, 3.8) is 0 Å². The van der Waals surface area contributed by atoms with Gasteiger partial charge in [-0.25, -0.2) is 4.18 Å². The molecular formula is C25H16ClNO4S. The van der Waals surface area contributed by atoms with Crippen LogP contribution in [0.5, 0.6) is 11.5 Å². The largest absolute Gasteiger partial charge is 0.456 e. The number of para-hydroxylation sites is 1. The summed E-state index contributed by atoms with van der Waals surface area (Å²) in [5.41, 5.74) is 2.12. The Labute approximate surface area is 190 Å². The molecule has 158 valence electrons. The zero-order valence-corrected chi connectivity index (χ0v) is 18.2. The van der Waals surface area contributed by atoms with Crippen molar-refractivity contribution in [3.05, 3.63) is 113 Å². The molecule has 0 aliphatic carbocycles. The molecule has 0 bridgehead atoms. The molecule has 0 radical (unpaired) electrons. The van der Waals surface area contributed by atoms with Crippen LogP contribution in [0.3, 0.4) is 0 Å². The number of fused-ring (bicyclic) bond motifs is 6. The molecule has 0 saturated heterocycles. The molecule has 0 amide bonds. The lowest BCUT2D eigenvalue weighted by Crippen LogP contribution is -2.33. The van der Waals surface area contributed by atoms with E-state index in [1.807, 2.05) is 48.5 Å². The van der Waals surface area contributed by atoms with Gasteiger partial charge in [0.2, 0.25) is 0 Å². The van der Waals surface area contributed by atoms with Crippen molar-refractivity contribution in [1.82, 2.24) is 0 Å². The second kappa shape index (κ2) is 6.84. The van der Waals surface area contributed by atoms with Crippen LogP contribution in [0.15, 0.2) is 95.9 Å². The van der Waals surface area contributed by atoms with Crippen molar-refractivity contribution in [2.75, 3.05) is 5.32 Å². The van der Waals surface area contributed by atoms with Crippen LogP contribution in [-0.2, 0) is 19.9 Å². The number of ether oxygens (including phenoxy) is 1. The molecule has 1 N–H and O–H groups in total. The van der Waals surface area contributed by atoms with Crippen LogP contribution < -0.4 is 10.1 Å². The molecule has 0 aromatic heterocycles. The number of benzene rings is 4. The third-order valence-electron chi connectivity index (χ3n) is 5.74. The SMILES string of the molecule is O=S1(=O)OC2(c3ccc(Cl)cc3Oc3cc(Nc4ccccc4)ccc32)c2ccccc21. The molecule has 1 spiro atoms. The van der Waals surface area contributed by atoms with Crippen LogP contribution in [0.1, 0.15) is 16.7 Å². The van der Waals surface area contributed by atoms with Crippen molar-refractivity contribution in [2.24, 2.45) is 0 Å². The van der Waals surface area contributed by atoms with Gasteiger partial charge in [0.1, 0.15) is 16.4 Å². The number of rotatable bonds is 2. The number of anilines is 2. The Hall–Kier alpha value is -3.32. The van der Waals surface area contributed by atoms with Gasteiger partial charge in [-0.05, 0) is 42.5 Å². The van der Waals surface area contributed by atoms with Gasteiger partial charge in [-0.2, -0.15) is 8.42 Å². The van der Waals surface area contributed by atoms with E-state index in [9.17, 15) is 8.42 Å². The molecule has 2 aliphatic heterocycles. The maximum atomic E-state index is 13.0. The molecule has 0 fully saturated rings. The topological polar surface area (TPSA) is 64.6 Å². The van der Waals surface area contributed by atoms with Gasteiger partial charge in [0.05, 0.1) is 0 Å². The van der Waals surface area contributed by atoms with Crippen LogP contribution in [0.25, 0.3) is 0 Å². The summed E-state index contributed by atoms with van der Waals surface area (Å²) in [7, 11) is -3.97. The summed E-state index contributed by atoms with van der Waals surface area (Å²) in [6, 6.07) is 27.3. The molecule has 1 unspecified atom stereocenters. The van der Waals surface area contributed by atoms with E-state index in [1.165, 1.54) is 0 Å². The summed E-state index contributed by atoms with van der Waals surface area (Å²) in [5, 5.41) is 3.82. The molecule has 2 heterocycles. The highest BCUT2D eigenvalue weighted by atomic mass is 35.5. The number of nitrogens with one attached hydrogen (secondary N) is 1. The summed E-state index contributed by atoms with van der Waals surface area (Å²) < 4.78 is 38.2. The second-order valence-electron chi connectivity index (χ2n) is 7.66. The Morgan fingerprint density at radius 1 is 0.719 bits per heavy atom. The third-order valence-corrected chi connectivity index (χ3v) is 7.34. The maximum absolute atomic E-state index is 13.0. The lowest BCUT2D eigenvalue weighted by Gasteiger charge is -2.36. The Bertz CT molecular complexity index is 1490. The average Bonchev–Trinajstić information content (AvgIpc) is 3.02. The lowest BCUT2D eigenvalue weighted by molar-refractivity contribution is 0.164. The van der Waals surface area contributed by atoms with E-state index in [-0.39, 0.29) is 4.90 Å². The molecule has 1 atom stereocenters. The minimum Gasteiger partial charge on any atom is -0.456 e. The minimum atomic E-state index is -3.97. The Morgan fingerprint density at radius 3 is 2.22 bits per heavy atom. The molecule has 4 aromatic rings. The Kier molecular flexibility index (Phi) is 4.14. The van der Waals surface area contributed by atoms with Crippen molar-refractivity contribution in [3.8, 4) is 11.5 Å². The molecule has 7 heteroatoms. The van der Waals surface area contributed by atoms with Gasteiger partial charge in [0.25, 0.3) is 10.1 Å². The first kappa shape index (κ1) is 19.4. The second-order valence-corrected chi connectivity index (χ2v) is 9.61. The third kappa shape index (κ3) is 2.77. The van der Waals surface area contributed by atoms with Crippen LogP contribution in [-0.4, -0.2) is 8.42 Å². The summed E-state index contributed by atoms with van der Waals surface area (Å²) in [4.78, 5) is 0.153. The highest BCUT2D eigenvalue weighted by molar-refractivity contribution is 7.87. The minimum absolute atomic E-state index is 0.153. The maximum Gasteiger partial charge on any atom is 0.298 e. The highest BCUT2D eigenvalue weighted by Crippen LogP contribution is 2.58. The van der Waals surface area contributed by atoms with Crippen molar-refractivity contribution in [1.29, 1.82) is 0 Å². The summed E-state index contributed by atoms with van der Waals surface area (Å²) in [6.07, 6.45) is 0. The van der Waals surface area contributed by atoms with E-state index >= 15 is 0 Å². The van der Waals surface area contributed by atoms with Gasteiger partial charge in [-0.1, -0.05) is 54.1 Å². The van der Waals surface area contributed by atoms with E-state index in [1.54, 1.807) is 42.5 Å². The molecule has 32 heavy (non-hydrogen) atoms. The monoisotopic (exact) mass is 461 g/mol. The first-order valence-electron chi connectivity index (χ1n) is 9.97. The lowest BCUT2D eigenvalue weighted by atomic mass is 9.78. The van der Waals surface area contributed by atoms with Crippen LogP contribution in [0.2, 0.25) is 5.02 Å². The zero-order chi connectivity index (χ0) is 21.9.